The van der Waals surface area contributed by atoms with Gasteiger partial charge in [0.1, 0.15) is 0 Å². The molecule has 18 heavy (non-hydrogen) atoms. The fraction of sp³-hybridized carbons (Fsp3) is 0.417. The van der Waals surface area contributed by atoms with Crippen LogP contribution < -0.4 is 5.73 Å². The molecule has 0 aromatic heterocycles. The molecule has 0 saturated carbocycles. The van der Waals surface area contributed by atoms with Crippen LogP contribution >= 0.6 is 23.2 Å². The van der Waals surface area contributed by atoms with Gasteiger partial charge in [0, 0.05) is 19.7 Å². The number of aliphatic hydroxyl groups excluding tert-OH is 1. The van der Waals surface area contributed by atoms with Crippen LogP contribution in [0.15, 0.2) is 18.2 Å². The van der Waals surface area contributed by atoms with E-state index in [2.05, 4.69) is 0 Å². The van der Waals surface area contributed by atoms with Crippen molar-refractivity contribution in [2.45, 2.75) is 13.0 Å². The molecule has 0 spiro atoms. The first kappa shape index (κ1) is 15.2. The molecule has 0 aliphatic carbocycles. The van der Waals surface area contributed by atoms with Gasteiger partial charge < -0.3 is 10.8 Å². The van der Waals surface area contributed by atoms with Crippen molar-refractivity contribution in [1.82, 2.24) is 4.90 Å². The van der Waals surface area contributed by atoms with Gasteiger partial charge >= 0.3 is 0 Å². The van der Waals surface area contributed by atoms with Crippen LogP contribution in [-0.4, -0.2) is 35.6 Å². The van der Waals surface area contributed by atoms with Crippen molar-refractivity contribution in [3.63, 3.8) is 0 Å². The van der Waals surface area contributed by atoms with Crippen molar-refractivity contribution >= 4 is 29.1 Å². The van der Waals surface area contributed by atoms with Crippen LogP contribution in [0.5, 0.6) is 0 Å². The topological polar surface area (TPSA) is 66.6 Å². The number of hydrogen-bond donors (Lipinski definition) is 2. The quantitative estimate of drug-likeness (QED) is 0.803. The van der Waals surface area contributed by atoms with Crippen LogP contribution in [0.2, 0.25) is 10.0 Å². The van der Waals surface area contributed by atoms with Gasteiger partial charge in [-0.2, -0.15) is 0 Å². The third kappa shape index (κ3) is 5.23. The Morgan fingerprint density at radius 3 is 2.61 bits per heavy atom. The molecule has 1 aromatic carbocycles. The number of primary amides is 1. The summed E-state index contributed by atoms with van der Waals surface area (Å²) in [5.41, 5.74) is 6.13. The summed E-state index contributed by atoms with van der Waals surface area (Å²) in [5, 5.41) is 9.79. The third-order valence-electron chi connectivity index (χ3n) is 2.40. The highest BCUT2D eigenvalue weighted by Crippen LogP contribution is 2.23. The van der Waals surface area contributed by atoms with Gasteiger partial charge in [-0.15, -0.1) is 0 Å². The van der Waals surface area contributed by atoms with Crippen molar-refractivity contribution < 1.29 is 9.90 Å². The summed E-state index contributed by atoms with van der Waals surface area (Å²) in [6, 6.07) is 5.33. The van der Waals surface area contributed by atoms with E-state index < -0.39 is 5.91 Å². The Bertz CT molecular complexity index is 413. The van der Waals surface area contributed by atoms with Gasteiger partial charge in [-0.25, -0.2) is 0 Å². The molecule has 1 amide bonds. The Labute approximate surface area is 116 Å². The zero-order valence-corrected chi connectivity index (χ0v) is 11.4. The highest BCUT2D eigenvalue weighted by atomic mass is 35.5. The van der Waals surface area contributed by atoms with Gasteiger partial charge in [0.15, 0.2) is 0 Å². The van der Waals surface area contributed by atoms with E-state index in [4.69, 9.17) is 34.0 Å². The van der Waals surface area contributed by atoms with Crippen LogP contribution in [0.25, 0.3) is 0 Å². The Kier molecular flexibility index (Phi) is 6.43. The number of carbonyl (C=O) groups excluding carboxylic acids is 1. The summed E-state index contributed by atoms with van der Waals surface area (Å²) in [5.74, 6) is -0.395. The van der Waals surface area contributed by atoms with E-state index in [1.807, 2.05) is 11.0 Å². The molecule has 0 heterocycles. The lowest BCUT2D eigenvalue weighted by molar-refractivity contribution is -0.119. The van der Waals surface area contributed by atoms with Crippen LogP contribution in [0.1, 0.15) is 12.0 Å². The Hall–Kier alpha value is -0.810. The number of aliphatic hydroxyl groups is 1. The van der Waals surface area contributed by atoms with Crippen LogP contribution in [0.3, 0.4) is 0 Å². The SMILES string of the molecule is NC(=O)CN(CCCO)Cc1ccc(Cl)c(Cl)c1. The largest absolute Gasteiger partial charge is 0.396 e. The molecule has 100 valence electrons. The van der Waals surface area contributed by atoms with Gasteiger partial charge in [-0.1, -0.05) is 29.3 Å². The molecule has 0 radical (unpaired) electrons. The summed E-state index contributed by atoms with van der Waals surface area (Å²) in [6.07, 6.45) is 0.592. The zero-order valence-electron chi connectivity index (χ0n) is 9.90. The molecule has 0 atom stereocenters. The number of halogens is 2. The van der Waals surface area contributed by atoms with Gasteiger partial charge in [-0.3, -0.25) is 9.69 Å². The first-order chi connectivity index (χ1) is 8.52. The first-order valence-corrected chi connectivity index (χ1v) is 6.34. The molecule has 0 aliphatic heterocycles. The van der Waals surface area contributed by atoms with Gasteiger partial charge in [0.05, 0.1) is 16.6 Å². The second kappa shape index (κ2) is 7.59. The van der Waals surface area contributed by atoms with Gasteiger partial charge in [0.25, 0.3) is 0 Å². The van der Waals surface area contributed by atoms with Crippen molar-refractivity contribution in [2.75, 3.05) is 19.7 Å². The van der Waals surface area contributed by atoms with Crippen LogP contribution in [0.4, 0.5) is 0 Å². The van der Waals surface area contributed by atoms with Crippen molar-refractivity contribution in [1.29, 1.82) is 0 Å². The maximum atomic E-state index is 11.0. The summed E-state index contributed by atoms with van der Waals surface area (Å²) >= 11 is 11.8. The highest BCUT2D eigenvalue weighted by molar-refractivity contribution is 6.42. The summed E-state index contributed by atoms with van der Waals surface area (Å²) in [6.45, 7) is 1.37. The summed E-state index contributed by atoms with van der Waals surface area (Å²) in [4.78, 5) is 12.8. The molecule has 0 saturated heterocycles. The summed E-state index contributed by atoms with van der Waals surface area (Å²) in [7, 11) is 0. The Morgan fingerprint density at radius 1 is 1.33 bits per heavy atom. The number of nitrogens with two attached hydrogens (primary N) is 1. The Morgan fingerprint density at radius 2 is 2.06 bits per heavy atom. The molecule has 0 bridgehead atoms. The molecular weight excluding hydrogens is 275 g/mol. The molecule has 1 aromatic rings. The minimum absolute atomic E-state index is 0.0800. The molecular formula is C12H16Cl2N2O2. The lowest BCUT2D eigenvalue weighted by Crippen LogP contribution is -2.34. The van der Waals surface area contributed by atoms with E-state index in [9.17, 15) is 4.79 Å². The second-order valence-electron chi connectivity index (χ2n) is 4.00. The summed E-state index contributed by atoms with van der Waals surface area (Å²) < 4.78 is 0. The molecule has 0 aliphatic rings. The number of hydrogen-bond acceptors (Lipinski definition) is 3. The Balaban J connectivity index is 2.68. The molecule has 0 unspecified atom stereocenters. The average molecular weight is 291 g/mol. The second-order valence-corrected chi connectivity index (χ2v) is 4.82. The van der Waals surface area contributed by atoms with E-state index in [0.29, 0.717) is 29.6 Å². The fourth-order valence-electron chi connectivity index (χ4n) is 1.62. The number of rotatable bonds is 7. The van der Waals surface area contributed by atoms with E-state index in [0.717, 1.165) is 5.56 Å². The normalized spacial score (nSPS) is 10.9. The predicted octanol–water partition coefficient (Wildman–Crippen LogP) is 1.66. The minimum Gasteiger partial charge on any atom is -0.396 e. The van der Waals surface area contributed by atoms with Crippen molar-refractivity contribution in [3.05, 3.63) is 33.8 Å². The maximum absolute atomic E-state index is 11.0. The van der Waals surface area contributed by atoms with Crippen LogP contribution in [0, 0.1) is 0 Å². The number of amides is 1. The highest BCUT2D eigenvalue weighted by Gasteiger charge is 2.09. The van der Waals surface area contributed by atoms with E-state index >= 15 is 0 Å². The molecule has 0 fully saturated rings. The van der Waals surface area contributed by atoms with Crippen molar-refractivity contribution in [2.24, 2.45) is 5.73 Å². The zero-order chi connectivity index (χ0) is 13.5. The van der Waals surface area contributed by atoms with E-state index in [-0.39, 0.29) is 13.2 Å². The standard InChI is InChI=1S/C12H16Cl2N2O2/c13-10-3-2-9(6-11(10)14)7-16(4-1-5-17)8-12(15)18/h2-3,6,17H,1,4-5,7-8H2,(H2,15,18). The van der Waals surface area contributed by atoms with Crippen LogP contribution in [-0.2, 0) is 11.3 Å². The minimum atomic E-state index is -0.395. The first-order valence-electron chi connectivity index (χ1n) is 5.58. The molecule has 1 rings (SSSR count). The maximum Gasteiger partial charge on any atom is 0.231 e. The van der Waals surface area contributed by atoms with Gasteiger partial charge in [-0.05, 0) is 24.1 Å². The van der Waals surface area contributed by atoms with Crippen molar-refractivity contribution in [3.8, 4) is 0 Å². The van der Waals surface area contributed by atoms with Gasteiger partial charge in [0.2, 0.25) is 5.91 Å². The average Bonchev–Trinajstić information content (AvgIpc) is 2.30. The number of benzene rings is 1. The molecule has 6 heteroatoms. The third-order valence-corrected chi connectivity index (χ3v) is 3.14. The molecule has 4 nitrogen and oxygen atoms in total. The lowest BCUT2D eigenvalue weighted by Gasteiger charge is -2.20. The lowest BCUT2D eigenvalue weighted by atomic mass is 10.2. The smallest absolute Gasteiger partial charge is 0.231 e. The van der Waals surface area contributed by atoms with E-state index in [1.54, 1.807) is 12.1 Å². The van der Waals surface area contributed by atoms with E-state index in [1.165, 1.54) is 0 Å². The molecule has 3 N–H and O–H groups in total. The predicted molar refractivity (Wildman–Crippen MR) is 72.6 cm³/mol. The fourth-order valence-corrected chi connectivity index (χ4v) is 1.95. The number of carbonyl (C=O) groups is 1. The number of nitrogens with zero attached hydrogens (tertiary/aromatic N) is 1. The monoisotopic (exact) mass is 290 g/mol.